The standard InChI is InChI=1S/C19H26N2O5/c1-4-5-6-7-20-14-10-17(26-3)16(25-2)9-13(14)18(23)21-11-12(22)8-15(21)19(20)24/h9-10,12,15,22H,4-8,11H2,1-3H3/t12-,15+/m1/s1. The van der Waals surface area contributed by atoms with Gasteiger partial charge in [-0.05, 0) is 12.5 Å². The van der Waals surface area contributed by atoms with Gasteiger partial charge < -0.3 is 24.4 Å². The Labute approximate surface area is 153 Å². The molecule has 0 aromatic heterocycles. The molecule has 2 aliphatic rings. The van der Waals surface area contributed by atoms with E-state index in [1.807, 2.05) is 0 Å². The van der Waals surface area contributed by atoms with Crippen molar-refractivity contribution in [2.24, 2.45) is 0 Å². The number of aliphatic hydroxyl groups excluding tert-OH is 1. The van der Waals surface area contributed by atoms with E-state index in [0.29, 0.717) is 29.3 Å². The summed E-state index contributed by atoms with van der Waals surface area (Å²) in [5.74, 6) is 0.527. The Kier molecular flexibility index (Phi) is 5.36. The molecule has 1 saturated heterocycles. The number of hydrogen-bond donors (Lipinski definition) is 1. The van der Waals surface area contributed by atoms with E-state index in [1.54, 1.807) is 17.0 Å². The van der Waals surface area contributed by atoms with Gasteiger partial charge in [0, 0.05) is 25.6 Å². The molecule has 2 heterocycles. The van der Waals surface area contributed by atoms with Crippen molar-refractivity contribution in [2.45, 2.75) is 44.8 Å². The largest absolute Gasteiger partial charge is 0.493 e. The molecule has 2 aliphatic heterocycles. The first-order chi connectivity index (χ1) is 12.5. The highest BCUT2D eigenvalue weighted by Gasteiger charge is 2.45. The summed E-state index contributed by atoms with van der Waals surface area (Å²) in [6.45, 7) is 2.80. The van der Waals surface area contributed by atoms with Crippen molar-refractivity contribution >= 4 is 17.5 Å². The zero-order valence-electron chi connectivity index (χ0n) is 15.5. The number of unbranched alkanes of at least 4 members (excludes halogenated alkanes) is 2. The quantitative estimate of drug-likeness (QED) is 0.781. The summed E-state index contributed by atoms with van der Waals surface area (Å²) in [6.07, 6.45) is 2.48. The molecule has 0 bridgehead atoms. The number of hydrogen-bond acceptors (Lipinski definition) is 5. The Morgan fingerprint density at radius 2 is 1.85 bits per heavy atom. The molecule has 1 aromatic carbocycles. The average Bonchev–Trinajstić information content (AvgIpc) is 3.02. The van der Waals surface area contributed by atoms with E-state index < -0.39 is 12.1 Å². The van der Waals surface area contributed by atoms with Crippen LogP contribution in [0.1, 0.15) is 43.0 Å². The predicted molar refractivity (Wildman–Crippen MR) is 96.9 cm³/mol. The van der Waals surface area contributed by atoms with E-state index in [4.69, 9.17) is 9.47 Å². The van der Waals surface area contributed by atoms with Crippen LogP contribution in [0.25, 0.3) is 0 Å². The van der Waals surface area contributed by atoms with E-state index in [9.17, 15) is 14.7 Å². The molecule has 0 saturated carbocycles. The van der Waals surface area contributed by atoms with Crippen molar-refractivity contribution in [1.82, 2.24) is 4.90 Å². The number of methoxy groups -OCH3 is 2. The lowest BCUT2D eigenvalue weighted by Gasteiger charge is -2.26. The lowest BCUT2D eigenvalue weighted by molar-refractivity contribution is -0.122. The summed E-state index contributed by atoms with van der Waals surface area (Å²) in [5.41, 5.74) is 0.960. The van der Waals surface area contributed by atoms with E-state index in [2.05, 4.69) is 6.92 Å². The van der Waals surface area contributed by atoms with E-state index in [0.717, 1.165) is 19.3 Å². The van der Waals surface area contributed by atoms with Crippen LogP contribution in [0.15, 0.2) is 12.1 Å². The van der Waals surface area contributed by atoms with Crippen LogP contribution in [0.2, 0.25) is 0 Å². The molecule has 26 heavy (non-hydrogen) atoms. The van der Waals surface area contributed by atoms with E-state index in [1.165, 1.54) is 19.1 Å². The second-order valence-corrected chi connectivity index (χ2v) is 6.78. The van der Waals surface area contributed by atoms with Crippen molar-refractivity contribution in [3.63, 3.8) is 0 Å². The van der Waals surface area contributed by atoms with Gasteiger partial charge in [0.25, 0.3) is 5.91 Å². The number of amides is 2. The number of rotatable bonds is 6. The number of anilines is 1. The smallest absolute Gasteiger partial charge is 0.256 e. The second-order valence-electron chi connectivity index (χ2n) is 6.78. The predicted octanol–water partition coefficient (Wildman–Crippen LogP) is 1.82. The van der Waals surface area contributed by atoms with Gasteiger partial charge in [-0.25, -0.2) is 0 Å². The molecule has 142 valence electrons. The Morgan fingerprint density at radius 3 is 2.50 bits per heavy atom. The first-order valence-electron chi connectivity index (χ1n) is 9.08. The Bertz CT molecular complexity index is 705. The molecule has 0 unspecified atom stereocenters. The van der Waals surface area contributed by atoms with Gasteiger partial charge in [0.2, 0.25) is 5.91 Å². The number of carbonyl (C=O) groups excluding carboxylic acids is 2. The Hall–Kier alpha value is -2.28. The topological polar surface area (TPSA) is 79.3 Å². The number of carbonyl (C=O) groups is 2. The minimum Gasteiger partial charge on any atom is -0.493 e. The van der Waals surface area contributed by atoms with E-state index >= 15 is 0 Å². The maximum atomic E-state index is 13.2. The average molecular weight is 362 g/mol. The third-order valence-corrected chi connectivity index (χ3v) is 5.10. The molecule has 1 N–H and O–H groups in total. The minimum absolute atomic E-state index is 0.142. The Morgan fingerprint density at radius 1 is 1.15 bits per heavy atom. The molecule has 0 aliphatic carbocycles. The lowest BCUT2D eigenvalue weighted by atomic mass is 10.1. The molecular weight excluding hydrogens is 336 g/mol. The molecule has 0 radical (unpaired) electrons. The normalized spacial score (nSPS) is 22.2. The van der Waals surface area contributed by atoms with Gasteiger partial charge in [-0.3, -0.25) is 9.59 Å². The van der Waals surface area contributed by atoms with Crippen molar-refractivity contribution in [1.29, 1.82) is 0 Å². The monoisotopic (exact) mass is 362 g/mol. The van der Waals surface area contributed by atoms with Crippen LogP contribution in [-0.2, 0) is 4.79 Å². The number of fused-ring (bicyclic) bond motifs is 2. The van der Waals surface area contributed by atoms with Gasteiger partial charge in [0.1, 0.15) is 6.04 Å². The highest BCUT2D eigenvalue weighted by Crippen LogP contribution is 2.39. The molecule has 0 spiro atoms. The van der Waals surface area contributed by atoms with Crippen molar-refractivity contribution in [3.05, 3.63) is 17.7 Å². The van der Waals surface area contributed by atoms with Crippen LogP contribution in [0, 0.1) is 0 Å². The maximum absolute atomic E-state index is 13.2. The fraction of sp³-hybridized carbons (Fsp3) is 0.579. The van der Waals surface area contributed by atoms with Crippen LogP contribution < -0.4 is 14.4 Å². The minimum atomic E-state index is -0.674. The Balaban J connectivity index is 2.10. The lowest BCUT2D eigenvalue weighted by Crippen LogP contribution is -2.45. The molecular formula is C19H26N2O5. The summed E-state index contributed by atoms with van der Waals surface area (Å²) < 4.78 is 10.7. The number of benzene rings is 1. The zero-order valence-corrected chi connectivity index (χ0v) is 15.5. The molecule has 2 amide bonds. The van der Waals surface area contributed by atoms with Crippen LogP contribution in [0.4, 0.5) is 5.69 Å². The highest BCUT2D eigenvalue weighted by molar-refractivity contribution is 6.11. The molecule has 7 heteroatoms. The molecule has 1 fully saturated rings. The van der Waals surface area contributed by atoms with Gasteiger partial charge in [0.05, 0.1) is 31.6 Å². The zero-order chi connectivity index (χ0) is 18.8. The van der Waals surface area contributed by atoms with Gasteiger partial charge in [-0.15, -0.1) is 0 Å². The third kappa shape index (κ3) is 3.11. The first-order valence-corrected chi connectivity index (χ1v) is 9.08. The van der Waals surface area contributed by atoms with Gasteiger partial charge in [0.15, 0.2) is 11.5 Å². The summed E-state index contributed by atoms with van der Waals surface area (Å²) in [7, 11) is 3.04. The summed E-state index contributed by atoms with van der Waals surface area (Å²) in [6, 6.07) is 2.71. The first kappa shape index (κ1) is 18.5. The van der Waals surface area contributed by atoms with Crippen LogP contribution in [0.3, 0.4) is 0 Å². The molecule has 7 nitrogen and oxygen atoms in total. The highest BCUT2D eigenvalue weighted by atomic mass is 16.5. The molecule has 2 atom stereocenters. The summed E-state index contributed by atoms with van der Waals surface area (Å²) >= 11 is 0. The van der Waals surface area contributed by atoms with Crippen LogP contribution in [-0.4, -0.2) is 61.3 Å². The van der Waals surface area contributed by atoms with Gasteiger partial charge in [-0.2, -0.15) is 0 Å². The van der Waals surface area contributed by atoms with Crippen molar-refractivity contribution in [2.75, 3.05) is 32.2 Å². The maximum Gasteiger partial charge on any atom is 0.256 e. The number of aliphatic hydroxyl groups is 1. The van der Waals surface area contributed by atoms with Gasteiger partial charge in [-0.1, -0.05) is 19.8 Å². The van der Waals surface area contributed by atoms with Crippen molar-refractivity contribution < 1.29 is 24.2 Å². The molecule has 3 rings (SSSR count). The SMILES string of the molecule is CCCCCN1C(=O)[C@@H]2C[C@@H](O)CN2C(=O)c2cc(OC)c(OC)cc21. The van der Waals surface area contributed by atoms with Crippen LogP contribution >= 0.6 is 0 Å². The van der Waals surface area contributed by atoms with Gasteiger partial charge >= 0.3 is 0 Å². The molecule has 1 aromatic rings. The fourth-order valence-corrected chi connectivity index (χ4v) is 3.74. The number of ether oxygens (including phenoxy) is 2. The fourth-order valence-electron chi connectivity index (χ4n) is 3.74. The number of nitrogens with zero attached hydrogens (tertiary/aromatic N) is 2. The second kappa shape index (κ2) is 7.53. The summed E-state index contributed by atoms with van der Waals surface area (Å²) in [5, 5.41) is 10.0. The summed E-state index contributed by atoms with van der Waals surface area (Å²) in [4.78, 5) is 29.4. The van der Waals surface area contributed by atoms with E-state index in [-0.39, 0.29) is 24.8 Å². The third-order valence-electron chi connectivity index (χ3n) is 5.10. The van der Waals surface area contributed by atoms with Crippen LogP contribution in [0.5, 0.6) is 11.5 Å². The van der Waals surface area contributed by atoms with Crippen molar-refractivity contribution in [3.8, 4) is 11.5 Å².